The maximum Gasteiger partial charge on any atom is 0.349 e. The smallest absolute Gasteiger partial charge is 0.349 e. The number of carbonyl (C=O) groups is 1. The molecule has 2 aromatic rings. The Kier molecular flexibility index (Phi) is 6.08. The molecule has 23 heavy (non-hydrogen) atoms. The standard InChI is InChI=1S/C14H14BrF2O4PS/c1-3-20-22(21-4-2)14(16,17)12-11(15)9-7-8(13(18)19)5-6-10(9)23-12/h5-7H,3-4H2,1-2H3,(H,18,19). The van der Waals surface area contributed by atoms with Crippen molar-refractivity contribution in [1.29, 1.82) is 0 Å². The molecule has 0 atom stereocenters. The maximum atomic E-state index is 14.8. The Labute approximate surface area is 145 Å². The fourth-order valence-corrected chi connectivity index (χ4v) is 5.47. The van der Waals surface area contributed by atoms with Gasteiger partial charge in [0.2, 0.25) is 0 Å². The summed E-state index contributed by atoms with van der Waals surface area (Å²) in [5.74, 6) is -1.11. The van der Waals surface area contributed by atoms with Crippen molar-refractivity contribution in [2.75, 3.05) is 13.2 Å². The van der Waals surface area contributed by atoms with Crippen LogP contribution in [0.4, 0.5) is 8.78 Å². The summed E-state index contributed by atoms with van der Waals surface area (Å²) in [5, 5.41) is 9.47. The number of halogens is 3. The highest BCUT2D eigenvalue weighted by atomic mass is 79.9. The summed E-state index contributed by atoms with van der Waals surface area (Å²) in [6.45, 7) is 3.49. The zero-order chi connectivity index (χ0) is 17.2. The highest BCUT2D eigenvalue weighted by molar-refractivity contribution is 9.10. The number of carboxylic acid groups (broad SMARTS) is 1. The van der Waals surface area contributed by atoms with Crippen LogP contribution < -0.4 is 0 Å². The normalized spacial score (nSPS) is 12.3. The maximum absolute atomic E-state index is 14.8. The van der Waals surface area contributed by atoms with Gasteiger partial charge in [-0.25, -0.2) is 4.79 Å². The molecule has 0 unspecified atom stereocenters. The number of hydrogen-bond acceptors (Lipinski definition) is 4. The number of thiophene rings is 1. The summed E-state index contributed by atoms with van der Waals surface area (Å²) in [5.41, 5.74) is -3.25. The largest absolute Gasteiger partial charge is 0.478 e. The Morgan fingerprint density at radius 3 is 2.48 bits per heavy atom. The van der Waals surface area contributed by atoms with Gasteiger partial charge in [-0.2, -0.15) is 8.78 Å². The number of aromatic carboxylic acids is 1. The molecule has 0 aliphatic heterocycles. The lowest BCUT2D eigenvalue weighted by Gasteiger charge is -2.24. The first-order valence-corrected chi connectivity index (χ1v) is 9.51. The van der Waals surface area contributed by atoms with E-state index in [2.05, 4.69) is 15.9 Å². The van der Waals surface area contributed by atoms with Gasteiger partial charge in [-0.15, -0.1) is 11.3 Å². The SMILES string of the molecule is CCOP(OCC)C(F)(F)c1sc2ccc(C(=O)O)cc2c1Br. The second-order valence-corrected chi connectivity index (χ2v) is 7.83. The molecule has 0 aliphatic rings. The van der Waals surface area contributed by atoms with E-state index in [-0.39, 0.29) is 28.1 Å². The molecular formula is C14H14BrF2O4PS. The highest BCUT2D eigenvalue weighted by Crippen LogP contribution is 2.63. The van der Waals surface area contributed by atoms with Gasteiger partial charge in [0.15, 0.2) is 0 Å². The molecule has 0 aliphatic carbocycles. The number of hydrogen-bond donors (Lipinski definition) is 1. The molecular weight excluding hydrogens is 413 g/mol. The summed E-state index contributed by atoms with van der Waals surface area (Å²) in [6.07, 6.45) is 0. The van der Waals surface area contributed by atoms with Crippen molar-refractivity contribution in [2.24, 2.45) is 0 Å². The van der Waals surface area contributed by atoms with Crippen LogP contribution in [0.25, 0.3) is 10.1 Å². The van der Waals surface area contributed by atoms with Crippen LogP contribution in [-0.4, -0.2) is 24.3 Å². The van der Waals surface area contributed by atoms with E-state index in [4.69, 9.17) is 14.2 Å². The minimum atomic E-state index is -3.30. The van der Waals surface area contributed by atoms with Gasteiger partial charge < -0.3 is 14.2 Å². The summed E-state index contributed by atoms with van der Waals surface area (Å²) in [7, 11) is -2.42. The van der Waals surface area contributed by atoms with Gasteiger partial charge in [-0.05, 0) is 48.0 Å². The van der Waals surface area contributed by atoms with Gasteiger partial charge in [0, 0.05) is 14.6 Å². The minimum Gasteiger partial charge on any atom is -0.478 e. The molecule has 0 amide bonds. The van der Waals surface area contributed by atoms with Gasteiger partial charge >= 0.3 is 11.6 Å². The van der Waals surface area contributed by atoms with Crippen molar-refractivity contribution in [3.63, 3.8) is 0 Å². The summed E-state index contributed by atoms with van der Waals surface area (Å²) in [6, 6.07) is 4.29. The van der Waals surface area contributed by atoms with E-state index >= 15 is 0 Å². The Morgan fingerprint density at radius 1 is 1.35 bits per heavy atom. The Hall–Kier alpha value is -0.660. The van der Waals surface area contributed by atoms with Gasteiger partial charge in [-0.3, -0.25) is 0 Å². The fraction of sp³-hybridized carbons (Fsp3) is 0.357. The van der Waals surface area contributed by atoms with Crippen LogP contribution in [-0.2, 0) is 14.7 Å². The van der Waals surface area contributed by atoms with Gasteiger partial charge in [0.25, 0.3) is 8.38 Å². The molecule has 0 radical (unpaired) electrons. The van der Waals surface area contributed by atoms with Crippen molar-refractivity contribution in [3.05, 3.63) is 33.1 Å². The molecule has 1 aromatic carbocycles. The average Bonchev–Trinajstić information content (AvgIpc) is 2.84. The lowest BCUT2D eigenvalue weighted by atomic mass is 10.1. The third kappa shape index (κ3) is 3.72. The number of fused-ring (bicyclic) bond motifs is 1. The van der Waals surface area contributed by atoms with Crippen molar-refractivity contribution in [2.45, 2.75) is 19.5 Å². The van der Waals surface area contributed by atoms with Crippen LogP contribution in [0.3, 0.4) is 0 Å². The summed E-state index contributed by atoms with van der Waals surface area (Å²) in [4.78, 5) is 10.8. The zero-order valence-corrected chi connectivity index (χ0v) is 15.6. The third-order valence-corrected chi connectivity index (χ3v) is 7.02. The fourth-order valence-electron chi connectivity index (χ4n) is 1.91. The van der Waals surface area contributed by atoms with Crippen molar-refractivity contribution < 1.29 is 27.7 Å². The van der Waals surface area contributed by atoms with Crippen LogP contribution in [0.15, 0.2) is 22.7 Å². The molecule has 1 aromatic heterocycles. The van der Waals surface area contributed by atoms with E-state index in [1.165, 1.54) is 18.2 Å². The molecule has 2 rings (SSSR count). The topological polar surface area (TPSA) is 55.8 Å². The predicted octanol–water partition coefficient (Wildman–Crippen LogP) is 5.80. The van der Waals surface area contributed by atoms with Crippen LogP contribution >= 0.6 is 35.6 Å². The summed E-state index contributed by atoms with van der Waals surface area (Å²) >= 11 is 4.08. The molecule has 4 nitrogen and oxygen atoms in total. The van der Waals surface area contributed by atoms with E-state index in [0.717, 1.165) is 11.3 Å². The van der Waals surface area contributed by atoms with E-state index < -0.39 is 20.0 Å². The Balaban J connectivity index is 2.53. The molecule has 0 saturated carbocycles. The van der Waals surface area contributed by atoms with Crippen molar-refractivity contribution >= 4 is 51.7 Å². The van der Waals surface area contributed by atoms with Crippen molar-refractivity contribution in [3.8, 4) is 0 Å². The quantitative estimate of drug-likeness (QED) is 0.568. The summed E-state index contributed by atoms with van der Waals surface area (Å²) < 4.78 is 40.5. The van der Waals surface area contributed by atoms with Crippen LogP contribution in [0.1, 0.15) is 29.1 Å². The van der Waals surface area contributed by atoms with Gasteiger partial charge in [0.05, 0.1) is 23.7 Å². The number of benzene rings is 1. The van der Waals surface area contributed by atoms with E-state index in [0.29, 0.717) is 10.1 Å². The molecule has 9 heteroatoms. The number of rotatable bonds is 7. The van der Waals surface area contributed by atoms with E-state index in [1.54, 1.807) is 13.8 Å². The molecule has 0 spiro atoms. The highest BCUT2D eigenvalue weighted by Gasteiger charge is 2.47. The van der Waals surface area contributed by atoms with E-state index in [9.17, 15) is 13.6 Å². The molecule has 1 N–H and O–H groups in total. The van der Waals surface area contributed by atoms with Crippen LogP contribution in [0.5, 0.6) is 0 Å². The van der Waals surface area contributed by atoms with E-state index in [1.807, 2.05) is 0 Å². The Bertz CT molecular complexity index is 716. The Morgan fingerprint density at radius 2 is 1.96 bits per heavy atom. The van der Waals surface area contributed by atoms with Crippen LogP contribution in [0, 0.1) is 0 Å². The lowest BCUT2D eigenvalue weighted by molar-refractivity contribution is 0.0600. The van der Waals surface area contributed by atoms with Gasteiger partial charge in [-0.1, -0.05) is 0 Å². The zero-order valence-electron chi connectivity index (χ0n) is 12.3. The average molecular weight is 427 g/mol. The number of alkyl halides is 2. The monoisotopic (exact) mass is 426 g/mol. The third-order valence-electron chi connectivity index (χ3n) is 2.87. The van der Waals surface area contributed by atoms with Crippen LogP contribution in [0.2, 0.25) is 0 Å². The molecule has 0 bridgehead atoms. The number of carboxylic acids is 1. The first-order chi connectivity index (χ1) is 10.8. The lowest BCUT2D eigenvalue weighted by Crippen LogP contribution is -2.13. The van der Waals surface area contributed by atoms with Gasteiger partial charge in [0.1, 0.15) is 0 Å². The second-order valence-electron chi connectivity index (χ2n) is 4.40. The molecule has 1 heterocycles. The first-order valence-electron chi connectivity index (χ1n) is 6.72. The minimum absolute atomic E-state index is 0.0442. The molecule has 126 valence electrons. The molecule has 0 fully saturated rings. The second kappa shape index (κ2) is 7.49. The first kappa shape index (κ1) is 18.7. The predicted molar refractivity (Wildman–Crippen MR) is 90.6 cm³/mol. The van der Waals surface area contributed by atoms with Crippen molar-refractivity contribution in [1.82, 2.24) is 0 Å². The molecule has 0 saturated heterocycles.